The molecule has 0 aromatic carbocycles. The van der Waals surface area contributed by atoms with E-state index in [1.807, 2.05) is 6.21 Å². The lowest BCUT2D eigenvalue weighted by Gasteiger charge is -2.21. The molecule has 0 aromatic heterocycles. The van der Waals surface area contributed by atoms with Gasteiger partial charge in [-0.1, -0.05) is 51.2 Å². The van der Waals surface area contributed by atoms with Crippen LogP contribution in [0, 0.1) is 0 Å². The van der Waals surface area contributed by atoms with Crippen LogP contribution in [-0.4, -0.2) is 36.9 Å². The number of nitrogens with zero attached hydrogens (tertiary/aromatic N) is 2. The Balaban J connectivity index is 1.88. The number of unbranched alkanes of at least 4 members (excludes halogenated alkanes) is 8. The Morgan fingerprint density at radius 3 is 2.45 bits per heavy atom. The van der Waals surface area contributed by atoms with Crippen LogP contribution in [0.1, 0.15) is 77.6 Å². The SMILES string of the molecule is CCCCCCCC/C=C/CCCCC1N=CCN1CCN. The summed E-state index contributed by atoms with van der Waals surface area (Å²) in [6.07, 6.45) is 21.8. The van der Waals surface area contributed by atoms with Crippen LogP contribution in [0.4, 0.5) is 0 Å². The first kappa shape index (κ1) is 19.4. The van der Waals surface area contributed by atoms with Crippen molar-refractivity contribution in [3.63, 3.8) is 0 Å². The van der Waals surface area contributed by atoms with E-state index in [-0.39, 0.29) is 0 Å². The number of aliphatic imine (C=N–C) groups is 1. The Morgan fingerprint density at radius 1 is 1.05 bits per heavy atom. The fourth-order valence-corrected chi connectivity index (χ4v) is 3.02. The fraction of sp³-hybridized carbons (Fsp3) is 0.842. The summed E-state index contributed by atoms with van der Waals surface area (Å²) in [4.78, 5) is 6.94. The molecule has 22 heavy (non-hydrogen) atoms. The Morgan fingerprint density at radius 2 is 1.73 bits per heavy atom. The minimum atomic E-state index is 0.399. The second kappa shape index (κ2) is 14.0. The van der Waals surface area contributed by atoms with Gasteiger partial charge in [-0.2, -0.15) is 0 Å². The topological polar surface area (TPSA) is 41.6 Å². The minimum Gasteiger partial charge on any atom is -0.329 e. The number of rotatable bonds is 14. The van der Waals surface area contributed by atoms with Crippen molar-refractivity contribution in [2.45, 2.75) is 83.7 Å². The molecule has 0 fully saturated rings. The largest absolute Gasteiger partial charge is 0.329 e. The standard InChI is InChI=1S/C19H37N3/c1-2-3-4-5-6-7-8-9-10-11-12-13-14-19-21-16-18-22(19)17-15-20/h9-10,16,19H,2-8,11-15,17-18,20H2,1H3/b10-9+. The highest BCUT2D eigenvalue weighted by Crippen LogP contribution is 2.14. The zero-order valence-corrected chi connectivity index (χ0v) is 14.7. The van der Waals surface area contributed by atoms with Gasteiger partial charge >= 0.3 is 0 Å². The average Bonchev–Trinajstić information content (AvgIpc) is 2.96. The van der Waals surface area contributed by atoms with Gasteiger partial charge in [0.1, 0.15) is 6.17 Å². The number of hydrogen-bond acceptors (Lipinski definition) is 3. The van der Waals surface area contributed by atoms with Crippen LogP contribution in [0.25, 0.3) is 0 Å². The van der Waals surface area contributed by atoms with E-state index in [0.29, 0.717) is 6.17 Å². The summed E-state index contributed by atoms with van der Waals surface area (Å²) >= 11 is 0. The predicted octanol–water partition coefficient (Wildman–Crippen LogP) is 4.52. The lowest BCUT2D eigenvalue weighted by atomic mass is 10.1. The molecule has 1 unspecified atom stereocenters. The first-order valence-electron chi connectivity index (χ1n) is 9.49. The van der Waals surface area contributed by atoms with Crippen LogP contribution in [0.2, 0.25) is 0 Å². The Kier molecular flexibility index (Phi) is 12.3. The normalized spacial score (nSPS) is 18.7. The van der Waals surface area contributed by atoms with E-state index in [4.69, 9.17) is 5.73 Å². The van der Waals surface area contributed by atoms with Gasteiger partial charge in [-0.3, -0.25) is 9.89 Å². The van der Waals surface area contributed by atoms with Crippen LogP contribution >= 0.6 is 0 Å². The van der Waals surface area contributed by atoms with Gasteiger partial charge in [0.25, 0.3) is 0 Å². The van der Waals surface area contributed by atoms with E-state index < -0.39 is 0 Å². The molecule has 0 amide bonds. The van der Waals surface area contributed by atoms with E-state index in [2.05, 4.69) is 29.0 Å². The van der Waals surface area contributed by atoms with Crippen LogP contribution < -0.4 is 5.73 Å². The smallest absolute Gasteiger partial charge is 0.102 e. The third-order valence-electron chi connectivity index (χ3n) is 4.41. The van der Waals surface area contributed by atoms with Crippen molar-refractivity contribution < 1.29 is 0 Å². The average molecular weight is 308 g/mol. The van der Waals surface area contributed by atoms with Gasteiger partial charge in [-0.25, -0.2) is 0 Å². The first-order valence-corrected chi connectivity index (χ1v) is 9.49. The molecule has 2 N–H and O–H groups in total. The summed E-state index contributed by atoms with van der Waals surface area (Å²) in [5.41, 5.74) is 5.63. The van der Waals surface area contributed by atoms with Gasteiger partial charge in [-0.15, -0.1) is 0 Å². The van der Waals surface area contributed by atoms with Crippen molar-refractivity contribution in [2.24, 2.45) is 10.7 Å². The van der Waals surface area contributed by atoms with Crippen molar-refractivity contribution >= 4 is 6.21 Å². The molecule has 0 bridgehead atoms. The third kappa shape index (κ3) is 9.37. The van der Waals surface area contributed by atoms with Gasteiger partial charge in [0, 0.05) is 25.8 Å². The molecule has 1 atom stereocenters. The molecule has 1 aliphatic rings. The second-order valence-electron chi connectivity index (χ2n) is 6.41. The highest BCUT2D eigenvalue weighted by atomic mass is 15.3. The van der Waals surface area contributed by atoms with Crippen molar-refractivity contribution in [1.29, 1.82) is 0 Å². The molecule has 0 radical (unpaired) electrons. The highest BCUT2D eigenvalue weighted by molar-refractivity contribution is 5.62. The highest BCUT2D eigenvalue weighted by Gasteiger charge is 2.18. The summed E-state index contributed by atoms with van der Waals surface area (Å²) in [5, 5.41) is 0. The zero-order chi connectivity index (χ0) is 15.9. The van der Waals surface area contributed by atoms with Gasteiger partial charge in [-0.05, 0) is 38.5 Å². The summed E-state index contributed by atoms with van der Waals surface area (Å²) in [6.45, 7) is 4.97. The van der Waals surface area contributed by atoms with Crippen molar-refractivity contribution in [2.75, 3.05) is 19.6 Å². The number of allylic oxidation sites excluding steroid dienone is 2. The van der Waals surface area contributed by atoms with Crippen LogP contribution in [0.15, 0.2) is 17.1 Å². The van der Waals surface area contributed by atoms with Crippen LogP contribution in [0.5, 0.6) is 0 Å². The van der Waals surface area contributed by atoms with Crippen LogP contribution in [0.3, 0.4) is 0 Å². The van der Waals surface area contributed by atoms with Crippen molar-refractivity contribution in [3.8, 4) is 0 Å². The molecule has 1 heterocycles. The molecule has 0 aromatic rings. The maximum absolute atomic E-state index is 5.63. The van der Waals surface area contributed by atoms with Crippen molar-refractivity contribution in [1.82, 2.24) is 4.90 Å². The summed E-state index contributed by atoms with van der Waals surface area (Å²) in [5.74, 6) is 0. The lowest BCUT2D eigenvalue weighted by molar-refractivity contribution is 0.242. The van der Waals surface area contributed by atoms with Gasteiger partial charge in [0.15, 0.2) is 0 Å². The van der Waals surface area contributed by atoms with E-state index in [1.54, 1.807) is 0 Å². The van der Waals surface area contributed by atoms with E-state index in [1.165, 1.54) is 70.6 Å². The molecule has 0 saturated carbocycles. The minimum absolute atomic E-state index is 0.399. The number of nitrogens with two attached hydrogens (primary N) is 1. The molecule has 1 rings (SSSR count). The quantitative estimate of drug-likeness (QED) is 0.378. The zero-order valence-electron chi connectivity index (χ0n) is 14.7. The molecule has 3 heteroatoms. The predicted molar refractivity (Wildman–Crippen MR) is 98.5 cm³/mol. The van der Waals surface area contributed by atoms with Gasteiger partial charge in [0.05, 0.1) is 0 Å². The molecule has 1 aliphatic heterocycles. The Bertz CT molecular complexity index is 299. The monoisotopic (exact) mass is 307 g/mol. The molecule has 0 aliphatic carbocycles. The third-order valence-corrected chi connectivity index (χ3v) is 4.41. The second-order valence-corrected chi connectivity index (χ2v) is 6.41. The Hall–Kier alpha value is -0.670. The maximum Gasteiger partial charge on any atom is 0.102 e. The molecule has 0 saturated heterocycles. The molecular formula is C19H37N3. The maximum atomic E-state index is 5.63. The van der Waals surface area contributed by atoms with E-state index in [0.717, 1.165) is 19.6 Å². The van der Waals surface area contributed by atoms with E-state index in [9.17, 15) is 0 Å². The lowest BCUT2D eigenvalue weighted by Crippen LogP contribution is -2.34. The molecule has 3 nitrogen and oxygen atoms in total. The van der Waals surface area contributed by atoms with Gasteiger partial charge < -0.3 is 5.73 Å². The summed E-state index contributed by atoms with van der Waals surface area (Å²) in [6, 6.07) is 0. The Labute approximate surface area is 138 Å². The number of hydrogen-bond donors (Lipinski definition) is 1. The van der Waals surface area contributed by atoms with Crippen molar-refractivity contribution in [3.05, 3.63) is 12.2 Å². The van der Waals surface area contributed by atoms with Gasteiger partial charge in [0.2, 0.25) is 0 Å². The molecule has 0 spiro atoms. The summed E-state index contributed by atoms with van der Waals surface area (Å²) in [7, 11) is 0. The molecular weight excluding hydrogens is 270 g/mol. The first-order chi connectivity index (χ1) is 10.9. The molecule has 128 valence electrons. The van der Waals surface area contributed by atoms with Crippen LogP contribution in [-0.2, 0) is 0 Å². The van der Waals surface area contributed by atoms with E-state index >= 15 is 0 Å². The fourth-order valence-electron chi connectivity index (χ4n) is 3.02. The summed E-state index contributed by atoms with van der Waals surface area (Å²) < 4.78 is 0.